The molecular weight excluding hydrogens is 174 g/mol. The van der Waals surface area contributed by atoms with Crippen LogP contribution in [0.4, 0.5) is 0 Å². The molecule has 14 heavy (non-hydrogen) atoms. The van der Waals surface area contributed by atoms with Crippen molar-refractivity contribution in [2.75, 3.05) is 0 Å². The third kappa shape index (κ3) is 0.788. The van der Waals surface area contributed by atoms with Crippen LogP contribution in [0.1, 0.15) is 24.5 Å². The normalized spacial score (nSPS) is 33.8. The average molecular weight is 187 g/mol. The summed E-state index contributed by atoms with van der Waals surface area (Å²) in [5, 5.41) is 3.04. The Morgan fingerprint density at radius 2 is 2.21 bits per heavy atom. The smallest absolute Gasteiger partial charge is 0.226 e. The van der Waals surface area contributed by atoms with E-state index in [9.17, 15) is 4.79 Å². The Morgan fingerprint density at radius 3 is 3.00 bits per heavy atom. The lowest BCUT2D eigenvalue weighted by Gasteiger charge is -2.51. The second-order valence-electron chi connectivity index (χ2n) is 4.44. The molecule has 0 aromatic heterocycles. The molecule has 0 bridgehead atoms. The first-order valence-electron chi connectivity index (χ1n) is 5.12. The Hall–Kier alpha value is -1.31. The second kappa shape index (κ2) is 2.38. The number of carbonyl (C=O) groups is 1. The van der Waals surface area contributed by atoms with Crippen molar-refractivity contribution >= 4 is 5.91 Å². The van der Waals surface area contributed by atoms with Gasteiger partial charge < -0.3 is 5.32 Å². The molecule has 1 aromatic rings. The zero-order chi connectivity index (χ0) is 9.76. The van der Waals surface area contributed by atoms with Gasteiger partial charge in [0.25, 0.3) is 0 Å². The highest BCUT2D eigenvalue weighted by Crippen LogP contribution is 2.45. The number of hydrogen-bond acceptors (Lipinski definition) is 1. The van der Waals surface area contributed by atoms with E-state index in [0.29, 0.717) is 0 Å². The van der Waals surface area contributed by atoms with Gasteiger partial charge in [0.1, 0.15) is 0 Å². The fourth-order valence-corrected chi connectivity index (χ4v) is 2.83. The van der Waals surface area contributed by atoms with Crippen molar-refractivity contribution < 1.29 is 4.79 Å². The minimum absolute atomic E-state index is 0.0775. The fraction of sp³-hybridized carbons (Fsp3) is 0.417. The third-order valence-corrected chi connectivity index (χ3v) is 3.68. The standard InChI is InChI=1S/C12H13NO/c1-12-9-5-3-2-4-8(9)6-7-10(12)11(14)13-12/h2-5,10H,6-7H2,1H3,(H,13,14). The number of rotatable bonds is 0. The van der Waals surface area contributed by atoms with Crippen LogP contribution in [-0.2, 0) is 16.8 Å². The van der Waals surface area contributed by atoms with Gasteiger partial charge in [0.05, 0.1) is 11.5 Å². The van der Waals surface area contributed by atoms with Crippen molar-refractivity contribution in [1.29, 1.82) is 0 Å². The van der Waals surface area contributed by atoms with E-state index in [1.165, 1.54) is 11.1 Å². The highest BCUT2D eigenvalue weighted by molar-refractivity contribution is 5.88. The van der Waals surface area contributed by atoms with Gasteiger partial charge in [-0.15, -0.1) is 0 Å². The monoisotopic (exact) mass is 187 g/mol. The molecule has 1 N–H and O–H groups in total. The summed E-state index contributed by atoms with van der Waals surface area (Å²) < 4.78 is 0. The second-order valence-corrected chi connectivity index (χ2v) is 4.44. The van der Waals surface area contributed by atoms with Gasteiger partial charge >= 0.3 is 0 Å². The van der Waals surface area contributed by atoms with E-state index in [1.54, 1.807) is 0 Å². The molecule has 2 aliphatic rings. The molecule has 72 valence electrons. The first-order valence-corrected chi connectivity index (χ1v) is 5.12. The molecule has 3 rings (SSSR count). The van der Waals surface area contributed by atoms with Crippen LogP contribution in [-0.4, -0.2) is 5.91 Å². The van der Waals surface area contributed by atoms with Crippen molar-refractivity contribution in [2.45, 2.75) is 25.3 Å². The van der Waals surface area contributed by atoms with Crippen molar-refractivity contribution in [2.24, 2.45) is 5.92 Å². The van der Waals surface area contributed by atoms with Crippen LogP contribution in [0.15, 0.2) is 24.3 Å². The van der Waals surface area contributed by atoms with Crippen molar-refractivity contribution in [1.82, 2.24) is 5.32 Å². The summed E-state index contributed by atoms with van der Waals surface area (Å²) in [5.74, 6) is 0.430. The van der Waals surface area contributed by atoms with Crippen LogP contribution >= 0.6 is 0 Å². The minimum atomic E-state index is -0.0775. The summed E-state index contributed by atoms with van der Waals surface area (Å²) in [6.07, 6.45) is 2.04. The number of carbonyl (C=O) groups excluding carboxylic acids is 1. The molecule has 2 unspecified atom stereocenters. The Labute approximate surface area is 83.3 Å². The predicted molar refractivity (Wildman–Crippen MR) is 53.7 cm³/mol. The van der Waals surface area contributed by atoms with E-state index in [2.05, 4.69) is 36.5 Å². The molecule has 0 radical (unpaired) electrons. The Kier molecular flexibility index (Phi) is 1.37. The molecule has 1 heterocycles. The molecule has 0 spiro atoms. The molecule has 2 atom stereocenters. The van der Waals surface area contributed by atoms with E-state index in [-0.39, 0.29) is 17.4 Å². The number of benzene rings is 1. The van der Waals surface area contributed by atoms with Crippen LogP contribution < -0.4 is 5.32 Å². The number of hydrogen-bond donors (Lipinski definition) is 1. The third-order valence-electron chi connectivity index (χ3n) is 3.68. The largest absolute Gasteiger partial charge is 0.346 e. The average Bonchev–Trinajstić information content (AvgIpc) is 2.17. The molecule has 1 saturated heterocycles. The van der Waals surface area contributed by atoms with Gasteiger partial charge in [-0.3, -0.25) is 4.79 Å². The van der Waals surface area contributed by atoms with Gasteiger partial charge in [-0.1, -0.05) is 24.3 Å². The summed E-state index contributed by atoms with van der Waals surface area (Å²) in [5.41, 5.74) is 2.63. The van der Waals surface area contributed by atoms with Crippen LogP contribution in [0.25, 0.3) is 0 Å². The number of aryl methyl sites for hydroxylation is 1. The molecule has 1 aromatic carbocycles. The lowest BCUT2D eigenvalue weighted by atomic mass is 9.65. The first-order chi connectivity index (χ1) is 6.72. The van der Waals surface area contributed by atoms with Crippen LogP contribution in [0.5, 0.6) is 0 Å². The van der Waals surface area contributed by atoms with Gasteiger partial charge in [0.2, 0.25) is 5.91 Å². The summed E-state index contributed by atoms with van der Waals surface area (Å²) in [7, 11) is 0. The molecule has 1 aliphatic heterocycles. The topological polar surface area (TPSA) is 29.1 Å². The van der Waals surface area contributed by atoms with E-state index in [4.69, 9.17) is 0 Å². The molecular formula is C12H13NO. The maximum Gasteiger partial charge on any atom is 0.226 e. The molecule has 2 nitrogen and oxygen atoms in total. The van der Waals surface area contributed by atoms with Crippen LogP contribution in [0, 0.1) is 5.92 Å². The van der Waals surface area contributed by atoms with Gasteiger partial charge in [-0.2, -0.15) is 0 Å². The first kappa shape index (κ1) is 8.04. The molecule has 1 fully saturated rings. The number of fused-ring (bicyclic) bond motifs is 3. The van der Waals surface area contributed by atoms with Gasteiger partial charge in [-0.25, -0.2) is 0 Å². The maximum atomic E-state index is 11.4. The van der Waals surface area contributed by atoms with Crippen molar-refractivity contribution in [3.8, 4) is 0 Å². The minimum Gasteiger partial charge on any atom is -0.346 e. The summed E-state index contributed by atoms with van der Waals surface area (Å²) in [6, 6.07) is 8.43. The number of β-lactam (4-membered cyclic amide) rings is 1. The zero-order valence-corrected chi connectivity index (χ0v) is 8.21. The fourth-order valence-electron chi connectivity index (χ4n) is 2.83. The van der Waals surface area contributed by atoms with Gasteiger partial charge in [0.15, 0.2) is 0 Å². The predicted octanol–water partition coefficient (Wildman–Crippen LogP) is 1.59. The van der Waals surface area contributed by atoms with E-state index in [0.717, 1.165) is 12.8 Å². The summed E-state index contributed by atoms with van der Waals surface area (Å²) in [6.45, 7) is 2.14. The molecule has 1 amide bonds. The highest BCUT2D eigenvalue weighted by Gasteiger charge is 2.53. The quantitative estimate of drug-likeness (QED) is 0.614. The Morgan fingerprint density at radius 1 is 1.43 bits per heavy atom. The maximum absolute atomic E-state index is 11.4. The Bertz CT molecular complexity index is 413. The number of amides is 1. The molecule has 0 saturated carbocycles. The highest BCUT2D eigenvalue weighted by atomic mass is 16.2. The van der Waals surface area contributed by atoms with E-state index in [1.807, 2.05) is 0 Å². The van der Waals surface area contributed by atoms with Gasteiger partial charge in [-0.05, 0) is 30.9 Å². The van der Waals surface area contributed by atoms with Crippen LogP contribution in [0.3, 0.4) is 0 Å². The summed E-state index contributed by atoms with van der Waals surface area (Å²) >= 11 is 0. The van der Waals surface area contributed by atoms with E-state index >= 15 is 0 Å². The lowest BCUT2D eigenvalue weighted by Crippen LogP contribution is -2.66. The molecule has 2 heteroatoms. The molecule has 1 aliphatic carbocycles. The Balaban J connectivity index is 2.14. The van der Waals surface area contributed by atoms with E-state index < -0.39 is 0 Å². The SMILES string of the molecule is CC12NC(=O)C1CCc1ccccc12. The van der Waals surface area contributed by atoms with Crippen molar-refractivity contribution in [3.63, 3.8) is 0 Å². The summed E-state index contributed by atoms with van der Waals surface area (Å²) in [4.78, 5) is 11.4. The lowest BCUT2D eigenvalue weighted by molar-refractivity contribution is -0.142. The zero-order valence-electron chi connectivity index (χ0n) is 8.21. The van der Waals surface area contributed by atoms with Crippen LogP contribution in [0.2, 0.25) is 0 Å². The number of nitrogens with one attached hydrogen (secondary N) is 1. The van der Waals surface area contributed by atoms with Crippen molar-refractivity contribution in [3.05, 3.63) is 35.4 Å². The van der Waals surface area contributed by atoms with Gasteiger partial charge in [0, 0.05) is 0 Å².